The summed E-state index contributed by atoms with van der Waals surface area (Å²) in [5, 5.41) is 6.31. The molecule has 0 bridgehead atoms. The molecule has 0 N–H and O–H groups in total. The summed E-state index contributed by atoms with van der Waals surface area (Å²) in [5.41, 5.74) is 3.47. The zero-order valence-corrected chi connectivity index (χ0v) is 10.3. The standard InChI is InChI=1S/C12H15ClN2/c1-7(2)9-5-6-10(13)11-8(3)14-15(4)12(9)11/h5-7H,1-4H3. The monoisotopic (exact) mass is 222 g/mol. The Labute approximate surface area is 94.8 Å². The summed E-state index contributed by atoms with van der Waals surface area (Å²) in [6, 6.07) is 4.06. The maximum absolute atomic E-state index is 6.20. The quantitative estimate of drug-likeness (QED) is 0.720. The third-order valence-electron chi connectivity index (χ3n) is 2.77. The molecule has 0 saturated heterocycles. The van der Waals surface area contributed by atoms with Crippen molar-refractivity contribution in [3.05, 3.63) is 28.4 Å². The van der Waals surface area contributed by atoms with Crippen LogP contribution in [0.25, 0.3) is 10.9 Å². The molecule has 15 heavy (non-hydrogen) atoms. The van der Waals surface area contributed by atoms with E-state index in [9.17, 15) is 0 Å². The van der Waals surface area contributed by atoms with E-state index >= 15 is 0 Å². The Morgan fingerprint density at radius 2 is 2.00 bits per heavy atom. The molecule has 0 atom stereocenters. The number of benzene rings is 1. The smallest absolute Gasteiger partial charge is 0.0731 e. The zero-order chi connectivity index (χ0) is 11.2. The summed E-state index contributed by atoms with van der Waals surface area (Å²) >= 11 is 6.20. The predicted molar refractivity (Wildman–Crippen MR) is 64.6 cm³/mol. The van der Waals surface area contributed by atoms with Crippen LogP contribution in [-0.4, -0.2) is 9.78 Å². The first-order valence-electron chi connectivity index (χ1n) is 5.14. The Kier molecular flexibility index (Phi) is 2.47. The Morgan fingerprint density at radius 3 is 2.60 bits per heavy atom. The van der Waals surface area contributed by atoms with Gasteiger partial charge in [-0.15, -0.1) is 0 Å². The van der Waals surface area contributed by atoms with Crippen LogP contribution in [0.2, 0.25) is 5.02 Å². The van der Waals surface area contributed by atoms with Crippen LogP contribution < -0.4 is 0 Å². The van der Waals surface area contributed by atoms with Crippen molar-refractivity contribution in [1.82, 2.24) is 9.78 Å². The van der Waals surface area contributed by atoms with Crippen LogP contribution in [0.5, 0.6) is 0 Å². The van der Waals surface area contributed by atoms with Crippen LogP contribution in [0.15, 0.2) is 12.1 Å². The van der Waals surface area contributed by atoms with Crippen LogP contribution >= 0.6 is 11.6 Å². The number of halogens is 1. The molecule has 0 amide bonds. The van der Waals surface area contributed by atoms with Gasteiger partial charge >= 0.3 is 0 Å². The molecule has 0 unspecified atom stereocenters. The second kappa shape index (κ2) is 3.53. The van der Waals surface area contributed by atoms with Gasteiger partial charge in [0.25, 0.3) is 0 Å². The molecular formula is C12H15ClN2. The molecule has 80 valence electrons. The van der Waals surface area contributed by atoms with Gasteiger partial charge in [-0.3, -0.25) is 4.68 Å². The zero-order valence-electron chi connectivity index (χ0n) is 9.50. The lowest BCUT2D eigenvalue weighted by atomic mass is 10.00. The second-order valence-corrected chi connectivity index (χ2v) is 4.63. The van der Waals surface area contributed by atoms with E-state index in [4.69, 9.17) is 11.6 Å². The van der Waals surface area contributed by atoms with Crippen molar-refractivity contribution in [3.63, 3.8) is 0 Å². The SMILES string of the molecule is Cc1nn(C)c2c(C(C)C)ccc(Cl)c12. The lowest BCUT2D eigenvalue weighted by molar-refractivity contribution is 0.769. The van der Waals surface area contributed by atoms with E-state index in [0.717, 1.165) is 21.6 Å². The van der Waals surface area contributed by atoms with Gasteiger partial charge in [0.15, 0.2) is 0 Å². The van der Waals surface area contributed by atoms with Crippen molar-refractivity contribution in [2.75, 3.05) is 0 Å². The third kappa shape index (κ3) is 1.53. The average molecular weight is 223 g/mol. The summed E-state index contributed by atoms with van der Waals surface area (Å²) in [7, 11) is 1.97. The minimum absolute atomic E-state index is 0.486. The van der Waals surface area contributed by atoms with Gasteiger partial charge in [0.05, 0.1) is 16.2 Å². The van der Waals surface area contributed by atoms with Gasteiger partial charge in [-0.1, -0.05) is 31.5 Å². The average Bonchev–Trinajstić information content (AvgIpc) is 2.43. The molecule has 0 aliphatic heterocycles. The van der Waals surface area contributed by atoms with E-state index in [1.54, 1.807) is 0 Å². The predicted octanol–water partition coefficient (Wildman–Crippen LogP) is 3.66. The summed E-state index contributed by atoms with van der Waals surface area (Å²) in [4.78, 5) is 0. The fourth-order valence-electron chi connectivity index (χ4n) is 2.07. The highest BCUT2D eigenvalue weighted by Gasteiger charge is 2.14. The highest BCUT2D eigenvalue weighted by molar-refractivity contribution is 6.35. The van der Waals surface area contributed by atoms with Crippen LogP contribution in [0.1, 0.15) is 31.0 Å². The van der Waals surface area contributed by atoms with Gasteiger partial charge in [-0.2, -0.15) is 5.10 Å². The van der Waals surface area contributed by atoms with Gasteiger partial charge in [-0.05, 0) is 24.5 Å². The largest absolute Gasteiger partial charge is 0.267 e. The minimum Gasteiger partial charge on any atom is -0.267 e. The fraction of sp³-hybridized carbons (Fsp3) is 0.417. The van der Waals surface area contributed by atoms with Crippen LogP contribution in [0.4, 0.5) is 0 Å². The maximum Gasteiger partial charge on any atom is 0.0731 e. The molecule has 2 aromatic rings. The topological polar surface area (TPSA) is 17.8 Å². The first-order valence-corrected chi connectivity index (χ1v) is 5.52. The Hall–Kier alpha value is -1.02. The number of nitrogens with zero attached hydrogens (tertiary/aromatic N) is 2. The van der Waals surface area contributed by atoms with Crippen molar-refractivity contribution >= 4 is 22.5 Å². The molecule has 0 saturated carbocycles. The van der Waals surface area contributed by atoms with Crippen LogP contribution in [-0.2, 0) is 7.05 Å². The van der Waals surface area contributed by atoms with Crippen LogP contribution in [0, 0.1) is 6.92 Å². The van der Waals surface area contributed by atoms with Crippen molar-refractivity contribution in [2.24, 2.45) is 7.05 Å². The highest BCUT2D eigenvalue weighted by Crippen LogP contribution is 2.32. The van der Waals surface area contributed by atoms with E-state index in [0.29, 0.717) is 5.92 Å². The van der Waals surface area contributed by atoms with Gasteiger partial charge in [-0.25, -0.2) is 0 Å². The summed E-state index contributed by atoms with van der Waals surface area (Å²) in [5.74, 6) is 0.486. The molecule has 0 aliphatic carbocycles. The molecule has 2 rings (SSSR count). The van der Waals surface area contributed by atoms with Gasteiger partial charge in [0.2, 0.25) is 0 Å². The summed E-state index contributed by atoms with van der Waals surface area (Å²) < 4.78 is 1.92. The molecule has 3 heteroatoms. The minimum atomic E-state index is 0.486. The molecule has 1 aromatic carbocycles. The van der Waals surface area contributed by atoms with E-state index in [2.05, 4.69) is 25.0 Å². The van der Waals surface area contributed by atoms with E-state index in [-0.39, 0.29) is 0 Å². The number of fused-ring (bicyclic) bond motifs is 1. The van der Waals surface area contributed by atoms with Gasteiger partial charge in [0.1, 0.15) is 0 Å². The molecule has 0 radical (unpaired) electrons. The number of hydrogen-bond donors (Lipinski definition) is 0. The number of hydrogen-bond acceptors (Lipinski definition) is 1. The number of rotatable bonds is 1. The van der Waals surface area contributed by atoms with Gasteiger partial charge in [0, 0.05) is 12.4 Å². The Balaban J connectivity index is 2.92. The van der Waals surface area contributed by atoms with E-state index < -0.39 is 0 Å². The summed E-state index contributed by atoms with van der Waals surface area (Å²) in [6.07, 6.45) is 0. The molecule has 1 aromatic heterocycles. The van der Waals surface area contributed by atoms with Crippen LogP contribution in [0.3, 0.4) is 0 Å². The lowest BCUT2D eigenvalue weighted by Gasteiger charge is -2.09. The maximum atomic E-state index is 6.20. The normalized spacial score (nSPS) is 11.6. The van der Waals surface area contributed by atoms with E-state index in [1.807, 2.05) is 24.7 Å². The molecule has 2 nitrogen and oxygen atoms in total. The highest BCUT2D eigenvalue weighted by atomic mass is 35.5. The van der Waals surface area contributed by atoms with Crippen molar-refractivity contribution in [3.8, 4) is 0 Å². The third-order valence-corrected chi connectivity index (χ3v) is 3.08. The molecular weight excluding hydrogens is 208 g/mol. The Bertz CT molecular complexity index is 512. The number of aryl methyl sites for hydroxylation is 2. The van der Waals surface area contributed by atoms with Crippen molar-refractivity contribution in [1.29, 1.82) is 0 Å². The lowest BCUT2D eigenvalue weighted by Crippen LogP contribution is -1.96. The molecule has 0 spiro atoms. The van der Waals surface area contributed by atoms with E-state index in [1.165, 1.54) is 5.56 Å². The Morgan fingerprint density at radius 1 is 1.33 bits per heavy atom. The van der Waals surface area contributed by atoms with Crippen molar-refractivity contribution < 1.29 is 0 Å². The molecule has 0 aliphatic rings. The molecule has 1 heterocycles. The number of aromatic nitrogens is 2. The summed E-state index contributed by atoms with van der Waals surface area (Å²) in [6.45, 7) is 6.37. The second-order valence-electron chi connectivity index (χ2n) is 4.22. The first-order chi connectivity index (χ1) is 7.02. The van der Waals surface area contributed by atoms with Gasteiger partial charge < -0.3 is 0 Å². The molecule has 0 fully saturated rings. The van der Waals surface area contributed by atoms with Crippen molar-refractivity contribution in [2.45, 2.75) is 26.7 Å². The fourth-order valence-corrected chi connectivity index (χ4v) is 2.36. The first kappa shape index (κ1) is 10.5.